The van der Waals surface area contributed by atoms with Gasteiger partial charge in [-0.1, -0.05) is 6.42 Å². The largest absolute Gasteiger partial charge is 0.509 e. The molecular weight excluding hydrogens is 186 g/mol. The minimum atomic E-state index is -0.841. The molecule has 5 heteroatoms. The summed E-state index contributed by atoms with van der Waals surface area (Å²) in [5.74, 6) is -1.15. The maximum Gasteiger partial charge on any atom is 0.364 e. The van der Waals surface area contributed by atoms with Gasteiger partial charge < -0.3 is 9.84 Å². The highest BCUT2D eigenvalue weighted by Crippen LogP contribution is 2.33. The van der Waals surface area contributed by atoms with E-state index in [1.807, 2.05) is 0 Å². The molecule has 1 fully saturated rings. The van der Waals surface area contributed by atoms with Crippen molar-refractivity contribution in [2.24, 2.45) is 11.1 Å². The first kappa shape index (κ1) is 10.7. The Morgan fingerprint density at radius 1 is 1.57 bits per heavy atom. The van der Waals surface area contributed by atoms with Crippen molar-refractivity contribution in [3.63, 3.8) is 0 Å². The summed E-state index contributed by atoms with van der Waals surface area (Å²) in [6.45, 7) is 1.79. The van der Waals surface area contributed by atoms with Crippen LogP contribution in [0.2, 0.25) is 0 Å². The summed E-state index contributed by atoms with van der Waals surface area (Å²) in [4.78, 5) is 21.5. The average molecular weight is 199 g/mol. The monoisotopic (exact) mass is 199 g/mol. The van der Waals surface area contributed by atoms with Crippen LogP contribution in [-0.4, -0.2) is 17.7 Å². The second kappa shape index (κ2) is 4.74. The first-order valence-electron chi connectivity index (χ1n) is 4.64. The highest BCUT2D eigenvalue weighted by Gasteiger charge is 2.28. The van der Waals surface area contributed by atoms with Crippen LogP contribution < -0.4 is 0 Å². The SMILES string of the molecule is CCOC(=O)/C(N=O)=C(/O)C1CCC1. The Morgan fingerprint density at radius 2 is 2.21 bits per heavy atom. The molecule has 78 valence electrons. The number of rotatable bonds is 4. The van der Waals surface area contributed by atoms with Gasteiger partial charge in [0.15, 0.2) is 0 Å². The molecule has 1 aliphatic carbocycles. The first-order valence-corrected chi connectivity index (χ1v) is 4.64. The molecule has 14 heavy (non-hydrogen) atoms. The van der Waals surface area contributed by atoms with Gasteiger partial charge in [0.05, 0.1) is 6.61 Å². The molecule has 0 aromatic carbocycles. The molecule has 1 saturated carbocycles. The van der Waals surface area contributed by atoms with Gasteiger partial charge in [0.1, 0.15) is 5.76 Å². The fourth-order valence-electron chi connectivity index (χ4n) is 1.26. The number of hydrogen-bond acceptors (Lipinski definition) is 5. The number of nitrogens with zero attached hydrogens (tertiary/aromatic N) is 1. The van der Waals surface area contributed by atoms with Crippen molar-refractivity contribution < 1.29 is 14.6 Å². The highest BCUT2D eigenvalue weighted by atomic mass is 16.5. The van der Waals surface area contributed by atoms with Crippen LogP contribution in [-0.2, 0) is 9.53 Å². The van der Waals surface area contributed by atoms with Gasteiger partial charge in [0.2, 0.25) is 5.70 Å². The van der Waals surface area contributed by atoms with Gasteiger partial charge in [0.25, 0.3) is 0 Å². The zero-order chi connectivity index (χ0) is 10.6. The lowest BCUT2D eigenvalue weighted by Crippen LogP contribution is -2.18. The third-order valence-electron chi connectivity index (χ3n) is 2.29. The van der Waals surface area contributed by atoms with Crippen molar-refractivity contribution in [2.75, 3.05) is 6.61 Å². The molecule has 0 aliphatic heterocycles. The van der Waals surface area contributed by atoms with Gasteiger partial charge in [-0.3, -0.25) is 0 Å². The van der Waals surface area contributed by atoms with Gasteiger partial charge in [-0.05, 0) is 24.9 Å². The lowest BCUT2D eigenvalue weighted by Gasteiger charge is -2.24. The van der Waals surface area contributed by atoms with Gasteiger partial charge in [-0.25, -0.2) is 4.79 Å². The van der Waals surface area contributed by atoms with E-state index in [4.69, 9.17) is 0 Å². The zero-order valence-electron chi connectivity index (χ0n) is 8.02. The van der Waals surface area contributed by atoms with Gasteiger partial charge >= 0.3 is 5.97 Å². The van der Waals surface area contributed by atoms with Crippen molar-refractivity contribution in [3.8, 4) is 0 Å². The van der Waals surface area contributed by atoms with Crippen molar-refractivity contribution in [1.29, 1.82) is 0 Å². The molecule has 0 unspecified atom stereocenters. The Hall–Kier alpha value is -1.39. The summed E-state index contributed by atoms with van der Waals surface area (Å²) < 4.78 is 4.58. The predicted molar refractivity (Wildman–Crippen MR) is 49.4 cm³/mol. The third-order valence-corrected chi connectivity index (χ3v) is 2.29. The number of carbonyl (C=O) groups excluding carboxylic acids is 1. The summed E-state index contributed by atoms with van der Waals surface area (Å²) >= 11 is 0. The lowest BCUT2D eigenvalue weighted by atomic mass is 9.83. The van der Waals surface area contributed by atoms with Crippen LogP contribution in [0.3, 0.4) is 0 Å². The molecule has 0 bridgehead atoms. The van der Waals surface area contributed by atoms with Crippen LogP contribution >= 0.6 is 0 Å². The Labute approximate surface area is 81.7 Å². The summed E-state index contributed by atoms with van der Waals surface area (Å²) in [6.07, 6.45) is 2.60. The molecule has 0 radical (unpaired) electrons. The predicted octanol–water partition coefficient (Wildman–Crippen LogP) is 1.89. The van der Waals surface area contributed by atoms with Crippen LogP contribution in [0.4, 0.5) is 0 Å². The minimum absolute atomic E-state index is 0.0906. The molecule has 0 spiro atoms. The third kappa shape index (κ3) is 2.10. The van der Waals surface area contributed by atoms with E-state index in [-0.39, 0.29) is 18.3 Å². The van der Waals surface area contributed by atoms with E-state index < -0.39 is 11.7 Å². The number of aliphatic hydroxyl groups excluding tert-OH is 1. The smallest absolute Gasteiger partial charge is 0.364 e. The van der Waals surface area contributed by atoms with Crippen molar-refractivity contribution in [1.82, 2.24) is 0 Å². The summed E-state index contributed by atoms with van der Waals surface area (Å²) in [5, 5.41) is 12.0. The molecule has 1 rings (SSSR count). The van der Waals surface area contributed by atoms with E-state index in [1.54, 1.807) is 6.92 Å². The summed E-state index contributed by atoms with van der Waals surface area (Å²) in [6, 6.07) is 0. The summed E-state index contributed by atoms with van der Waals surface area (Å²) in [5.41, 5.74) is -0.475. The van der Waals surface area contributed by atoms with Crippen LogP contribution in [0.1, 0.15) is 26.2 Å². The first-order chi connectivity index (χ1) is 6.70. The van der Waals surface area contributed by atoms with Crippen LogP contribution in [0.15, 0.2) is 16.6 Å². The number of esters is 1. The molecule has 0 aromatic heterocycles. The second-order valence-corrected chi connectivity index (χ2v) is 3.17. The minimum Gasteiger partial charge on any atom is -0.509 e. The normalized spacial score (nSPS) is 18.1. The average Bonchev–Trinajstić information content (AvgIpc) is 2.02. The number of hydrogen-bond donors (Lipinski definition) is 1. The Kier molecular flexibility index (Phi) is 3.62. The maximum absolute atomic E-state index is 11.1. The molecule has 1 aliphatic rings. The topological polar surface area (TPSA) is 76.0 Å². The fourth-order valence-corrected chi connectivity index (χ4v) is 1.26. The second-order valence-electron chi connectivity index (χ2n) is 3.17. The van der Waals surface area contributed by atoms with Crippen LogP contribution in [0.5, 0.6) is 0 Å². The molecule has 1 N–H and O–H groups in total. The van der Waals surface area contributed by atoms with E-state index in [2.05, 4.69) is 9.91 Å². The maximum atomic E-state index is 11.1. The van der Waals surface area contributed by atoms with Crippen LogP contribution in [0, 0.1) is 10.8 Å². The fraction of sp³-hybridized carbons (Fsp3) is 0.667. The quantitative estimate of drug-likeness (QED) is 0.324. The van der Waals surface area contributed by atoms with E-state index in [1.165, 1.54) is 0 Å². The number of aliphatic hydroxyl groups is 1. The molecule has 0 saturated heterocycles. The van der Waals surface area contributed by atoms with Crippen molar-refractivity contribution in [3.05, 3.63) is 16.4 Å². The Morgan fingerprint density at radius 3 is 2.57 bits per heavy atom. The lowest BCUT2D eigenvalue weighted by molar-refractivity contribution is -0.138. The van der Waals surface area contributed by atoms with Gasteiger partial charge in [0, 0.05) is 5.92 Å². The highest BCUT2D eigenvalue weighted by molar-refractivity contribution is 5.88. The van der Waals surface area contributed by atoms with E-state index >= 15 is 0 Å². The standard InChI is InChI=1S/C9H13NO4/c1-2-14-9(12)7(10-13)8(11)6-4-3-5-6/h6,11H,2-5H2,1H3/b8-7-. The van der Waals surface area contributed by atoms with Crippen LogP contribution in [0.25, 0.3) is 0 Å². The summed E-state index contributed by atoms with van der Waals surface area (Å²) in [7, 11) is 0. The molecule has 5 nitrogen and oxygen atoms in total. The van der Waals surface area contributed by atoms with Crippen molar-refractivity contribution >= 4 is 5.97 Å². The number of carbonyl (C=O) groups is 1. The number of allylic oxidation sites excluding steroid dienone is 1. The van der Waals surface area contributed by atoms with Gasteiger partial charge in [-0.15, -0.1) is 4.91 Å². The molecule has 0 aromatic rings. The van der Waals surface area contributed by atoms with Gasteiger partial charge in [-0.2, -0.15) is 0 Å². The Balaban J connectivity index is 2.75. The molecular formula is C9H13NO4. The molecule has 0 amide bonds. The Bertz CT molecular complexity index is 268. The number of nitroso groups, excluding NO2 is 1. The zero-order valence-corrected chi connectivity index (χ0v) is 8.02. The molecule has 0 heterocycles. The van der Waals surface area contributed by atoms with E-state index in [0.717, 1.165) is 19.3 Å². The van der Waals surface area contributed by atoms with E-state index in [9.17, 15) is 14.8 Å². The number of ether oxygens (including phenoxy) is 1. The molecule has 0 atom stereocenters. The van der Waals surface area contributed by atoms with Crippen molar-refractivity contribution in [2.45, 2.75) is 26.2 Å². The van der Waals surface area contributed by atoms with E-state index in [0.29, 0.717) is 0 Å².